The number of rotatable bonds is 4. The molecule has 5 nitrogen and oxygen atoms in total. The van der Waals surface area contributed by atoms with Gasteiger partial charge in [-0.1, -0.05) is 30.3 Å². The van der Waals surface area contributed by atoms with Crippen molar-refractivity contribution < 1.29 is 23.8 Å². The van der Waals surface area contributed by atoms with Crippen molar-refractivity contribution in [3.8, 4) is 5.75 Å². The average Bonchev–Trinajstić information content (AvgIpc) is 2.90. The molecule has 0 spiro atoms. The summed E-state index contributed by atoms with van der Waals surface area (Å²) in [6.45, 7) is 0.0600. The lowest BCUT2D eigenvalue weighted by Crippen LogP contribution is -2.26. The molecule has 1 saturated heterocycles. The summed E-state index contributed by atoms with van der Waals surface area (Å²) in [5, 5.41) is 2.13. The van der Waals surface area contributed by atoms with Crippen LogP contribution < -0.4 is 4.74 Å². The molecule has 5 heteroatoms. The summed E-state index contributed by atoms with van der Waals surface area (Å²) in [6, 6.07) is 13.4. The second-order valence-corrected chi connectivity index (χ2v) is 4.73. The van der Waals surface area contributed by atoms with E-state index < -0.39 is 18.0 Å². The first-order valence-corrected chi connectivity index (χ1v) is 6.70. The van der Waals surface area contributed by atoms with Crippen molar-refractivity contribution in [3.05, 3.63) is 42.5 Å². The van der Waals surface area contributed by atoms with E-state index in [1.54, 1.807) is 6.07 Å². The van der Waals surface area contributed by atoms with E-state index >= 15 is 0 Å². The van der Waals surface area contributed by atoms with Crippen molar-refractivity contribution >= 4 is 22.7 Å². The maximum Gasteiger partial charge on any atom is 0.347 e. The Labute approximate surface area is 121 Å². The molecule has 2 aromatic carbocycles. The molecule has 1 atom stereocenters. The van der Waals surface area contributed by atoms with Crippen molar-refractivity contribution in [2.75, 3.05) is 13.2 Å². The summed E-state index contributed by atoms with van der Waals surface area (Å²) in [7, 11) is 0. The van der Waals surface area contributed by atoms with Gasteiger partial charge in [-0.2, -0.15) is 0 Å². The van der Waals surface area contributed by atoms with Crippen LogP contribution >= 0.6 is 0 Å². The normalized spacial score (nSPS) is 17.5. The molecule has 1 aliphatic rings. The van der Waals surface area contributed by atoms with Gasteiger partial charge in [-0.15, -0.1) is 0 Å². The molecule has 21 heavy (non-hydrogen) atoms. The van der Waals surface area contributed by atoms with Gasteiger partial charge in [-0.05, 0) is 22.9 Å². The predicted octanol–water partition coefficient (Wildman–Crippen LogP) is 2.08. The molecule has 2 aromatic rings. The SMILES string of the molecule is O=C(COc1ccc2ccccc2c1)O[C@H]1CCOC1=O. The average molecular weight is 286 g/mol. The van der Waals surface area contributed by atoms with Gasteiger partial charge < -0.3 is 14.2 Å². The fourth-order valence-electron chi connectivity index (χ4n) is 2.18. The van der Waals surface area contributed by atoms with Gasteiger partial charge in [0.05, 0.1) is 6.61 Å². The van der Waals surface area contributed by atoms with E-state index in [9.17, 15) is 9.59 Å². The molecule has 0 aliphatic carbocycles. The highest BCUT2D eigenvalue weighted by molar-refractivity contribution is 5.84. The number of carbonyl (C=O) groups is 2. The molecule has 0 radical (unpaired) electrons. The highest BCUT2D eigenvalue weighted by Gasteiger charge is 2.30. The molecule has 3 rings (SSSR count). The first kappa shape index (κ1) is 13.4. The minimum atomic E-state index is -0.794. The Morgan fingerprint density at radius 2 is 2.00 bits per heavy atom. The van der Waals surface area contributed by atoms with Crippen molar-refractivity contribution in [1.82, 2.24) is 0 Å². The summed E-state index contributed by atoms with van der Waals surface area (Å²) in [5.74, 6) is -0.485. The Balaban J connectivity index is 1.58. The number of ether oxygens (including phenoxy) is 3. The van der Waals surface area contributed by atoms with Crippen LogP contribution in [0.15, 0.2) is 42.5 Å². The number of benzene rings is 2. The van der Waals surface area contributed by atoms with Gasteiger partial charge in [0.25, 0.3) is 0 Å². The Kier molecular flexibility index (Phi) is 3.73. The van der Waals surface area contributed by atoms with Gasteiger partial charge in [-0.3, -0.25) is 0 Å². The molecule has 108 valence electrons. The maximum atomic E-state index is 11.6. The predicted molar refractivity (Wildman–Crippen MR) is 74.9 cm³/mol. The third-order valence-electron chi connectivity index (χ3n) is 3.24. The van der Waals surface area contributed by atoms with Crippen molar-refractivity contribution in [2.24, 2.45) is 0 Å². The molecule has 1 aliphatic heterocycles. The standard InChI is InChI=1S/C16H14O5/c17-15(21-14-7-8-19-16(14)18)10-20-13-6-5-11-3-1-2-4-12(11)9-13/h1-6,9,14H,7-8,10H2/t14-/m0/s1. The lowest BCUT2D eigenvalue weighted by Gasteiger charge is -2.10. The number of carbonyl (C=O) groups excluding carboxylic acids is 2. The molecule has 0 N–H and O–H groups in total. The Bertz CT molecular complexity index is 679. The van der Waals surface area contributed by atoms with E-state index in [0.29, 0.717) is 18.8 Å². The first-order valence-electron chi connectivity index (χ1n) is 6.70. The minimum Gasteiger partial charge on any atom is -0.482 e. The lowest BCUT2D eigenvalue weighted by molar-refractivity contribution is -0.161. The number of hydrogen-bond acceptors (Lipinski definition) is 5. The zero-order valence-electron chi connectivity index (χ0n) is 11.3. The molecule has 0 bridgehead atoms. The van der Waals surface area contributed by atoms with Gasteiger partial charge in [0.15, 0.2) is 6.61 Å². The lowest BCUT2D eigenvalue weighted by atomic mass is 10.1. The van der Waals surface area contributed by atoms with Gasteiger partial charge >= 0.3 is 11.9 Å². The van der Waals surface area contributed by atoms with Gasteiger partial charge in [0.1, 0.15) is 5.75 Å². The summed E-state index contributed by atoms with van der Waals surface area (Å²) >= 11 is 0. The van der Waals surface area contributed by atoms with Crippen LogP contribution in [0, 0.1) is 0 Å². The fraction of sp³-hybridized carbons (Fsp3) is 0.250. The Morgan fingerprint density at radius 1 is 1.19 bits per heavy atom. The monoisotopic (exact) mass is 286 g/mol. The smallest absolute Gasteiger partial charge is 0.347 e. The zero-order valence-corrected chi connectivity index (χ0v) is 11.3. The van der Waals surface area contributed by atoms with Crippen LogP contribution in [0.25, 0.3) is 10.8 Å². The molecule has 1 fully saturated rings. The molecule has 0 amide bonds. The van der Waals surface area contributed by atoms with E-state index in [2.05, 4.69) is 0 Å². The van der Waals surface area contributed by atoms with Crippen LogP contribution in [-0.2, 0) is 19.1 Å². The molecule has 0 aromatic heterocycles. The highest BCUT2D eigenvalue weighted by Crippen LogP contribution is 2.20. The van der Waals surface area contributed by atoms with Gasteiger partial charge in [0.2, 0.25) is 6.10 Å². The summed E-state index contributed by atoms with van der Waals surface area (Å²) in [4.78, 5) is 22.8. The van der Waals surface area contributed by atoms with Crippen LogP contribution in [0.3, 0.4) is 0 Å². The first-order chi connectivity index (χ1) is 10.2. The third kappa shape index (κ3) is 3.13. The quantitative estimate of drug-likeness (QED) is 0.805. The molecule has 1 heterocycles. The van der Waals surface area contributed by atoms with Crippen LogP contribution in [0.1, 0.15) is 6.42 Å². The van der Waals surface area contributed by atoms with Crippen molar-refractivity contribution in [3.63, 3.8) is 0 Å². The number of esters is 2. The molecular formula is C16H14O5. The van der Waals surface area contributed by atoms with Crippen molar-refractivity contribution in [2.45, 2.75) is 12.5 Å². The molecular weight excluding hydrogens is 272 g/mol. The second-order valence-electron chi connectivity index (χ2n) is 4.73. The number of cyclic esters (lactones) is 1. The summed E-state index contributed by atoms with van der Waals surface area (Å²) in [6.07, 6.45) is -0.390. The Hall–Kier alpha value is -2.56. The van der Waals surface area contributed by atoms with E-state index in [4.69, 9.17) is 14.2 Å². The summed E-state index contributed by atoms with van der Waals surface area (Å²) in [5.41, 5.74) is 0. The molecule has 0 unspecified atom stereocenters. The number of fused-ring (bicyclic) bond motifs is 1. The maximum absolute atomic E-state index is 11.6. The van der Waals surface area contributed by atoms with E-state index in [1.165, 1.54) is 0 Å². The third-order valence-corrected chi connectivity index (χ3v) is 3.24. The highest BCUT2D eigenvalue weighted by atomic mass is 16.6. The molecule has 0 saturated carbocycles. The van der Waals surface area contributed by atoms with Crippen LogP contribution in [0.2, 0.25) is 0 Å². The fourth-order valence-corrected chi connectivity index (χ4v) is 2.18. The topological polar surface area (TPSA) is 61.8 Å². The van der Waals surface area contributed by atoms with Gasteiger partial charge in [-0.25, -0.2) is 9.59 Å². The zero-order chi connectivity index (χ0) is 14.7. The largest absolute Gasteiger partial charge is 0.482 e. The van der Waals surface area contributed by atoms with E-state index in [1.807, 2.05) is 36.4 Å². The van der Waals surface area contributed by atoms with Crippen molar-refractivity contribution in [1.29, 1.82) is 0 Å². The summed E-state index contributed by atoms with van der Waals surface area (Å²) < 4.78 is 15.1. The van der Waals surface area contributed by atoms with Gasteiger partial charge in [0, 0.05) is 6.42 Å². The van der Waals surface area contributed by atoms with Crippen LogP contribution in [0.4, 0.5) is 0 Å². The minimum absolute atomic E-state index is 0.234. The van der Waals surface area contributed by atoms with Crippen LogP contribution in [0.5, 0.6) is 5.75 Å². The van der Waals surface area contributed by atoms with E-state index in [0.717, 1.165) is 10.8 Å². The Morgan fingerprint density at radius 3 is 2.76 bits per heavy atom. The van der Waals surface area contributed by atoms with E-state index in [-0.39, 0.29) is 6.61 Å². The number of hydrogen-bond donors (Lipinski definition) is 0. The van der Waals surface area contributed by atoms with Crippen LogP contribution in [-0.4, -0.2) is 31.3 Å². The second kappa shape index (κ2) is 5.83.